The summed E-state index contributed by atoms with van der Waals surface area (Å²) in [5.74, 6) is -1.16. The zero-order valence-electron chi connectivity index (χ0n) is 19.1. The van der Waals surface area contributed by atoms with Gasteiger partial charge in [0.25, 0.3) is 0 Å². The van der Waals surface area contributed by atoms with E-state index in [4.69, 9.17) is 5.11 Å². The Morgan fingerprint density at radius 1 is 1.03 bits per heavy atom. The van der Waals surface area contributed by atoms with Gasteiger partial charge in [-0.15, -0.1) is 12.1 Å². The number of carbonyl (C=O) groups excluding carboxylic acids is 1. The van der Waals surface area contributed by atoms with Crippen molar-refractivity contribution in [2.75, 3.05) is 0 Å². The van der Waals surface area contributed by atoms with Crippen molar-refractivity contribution >= 4 is 5.78 Å². The van der Waals surface area contributed by atoms with E-state index in [-0.39, 0.29) is 43.0 Å². The molecule has 7 heteroatoms. The summed E-state index contributed by atoms with van der Waals surface area (Å²) in [5.41, 5.74) is 1.15. The minimum atomic E-state index is -0.689. The third-order valence-electron chi connectivity index (χ3n) is 4.52. The SMILES string of the molecule is CC(=O)C=C(C)O.CCCCCCCCCCc1cnc(-c2[c-]cc(F)cc2F)nc1.[Ir]. The second-order valence-electron chi connectivity index (χ2n) is 7.58. The van der Waals surface area contributed by atoms with Crippen molar-refractivity contribution in [2.45, 2.75) is 78.6 Å². The van der Waals surface area contributed by atoms with Crippen LogP contribution in [0.15, 0.2) is 36.4 Å². The molecule has 0 aliphatic carbocycles. The molecule has 0 atom stereocenters. The number of aliphatic hydroxyl groups excluding tert-OH is 1. The molecule has 0 unspecified atom stereocenters. The van der Waals surface area contributed by atoms with Crippen LogP contribution in [-0.2, 0) is 31.3 Å². The smallest absolute Gasteiger partial charge is 0.155 e. The number of aromatic nitrogens is 2. The summed E-state index contributed by atoms with van der Waals surface area (Å²) in [6.07, 6.45) is 15.8. The number of aryl methyl sites for hydroxylation is 1. The molecule has 0 saturated heterocycles. The Hall–Kier alpha value is -1.98. The number of hydrogen-bond acceptors (Lipinski definition) is 4. The Morgan fingerprint density at radius 2 is 1.59 bits per heavy atom. The molecule has 0 aliphatic heterocycles. The number of aliphatic hydroxyl groups is 1. The average molecular weight is 624 g/mol. The molecule has 1 aromatic heterocycles. The Labute approximate surface area is 203 Å². The second kappa shape index (κ2) is 17.6. The topological polar surface area (TPSA) is 63.1 Å². The maximum absolute atomic E-state index is 13.7. The third kappa shape index (κ3) is 13.4. The number of benzene rings is 1. The number of carbonyl (C=O) groups is 1. The predicted octanol–water partition coefficient (Wildman–Crippen LogP) is 6.94. The van der Waals surface area contributed by atoms with Gasteiger partial charge in [-0.3, -0.25) is 23.5 Å². The van der Waals surface area contributed by atoms with E-state index in [1.807, 2.05) is 0 Å². The first-order chi connectivity index (χ1) is 14.8. The maximum atomic E-state index is 13.7. The molecule has 0 saturated carbocycles. The monoisotopic (exact) mass is 624 g/mol. The number of rotatable bonds is 11. The molecule has 1 radical (unpaired) electrons. The van der Waals surface area contributed by atoms with E-state index in [9.17, 15) is 13.6 Å². The summed E-state index contributed by atoms with van der Waals surface area (Å²) < 4.78 is 26.6. The van der Waals surface area contributed by atoms with Crippen molar-refractivity contribution in [3.63, 3.8) is 0 Å². The Morgan fingerprint density at radius 3 is 2.06 bits per heavy atom. The van der Waals surface area contributed by atoms with Crippen LogP contribution in [0.1, 0.15) is 77.7 Å². The van der Waals surface area contributed by atoms with Crippen LogP contribution in [0.3, 0.4) is 0 Å². The van der Waals surface area contributed by atoms with Gasteiger partial charge in [-0.2, -0.15) is 0 Å². The number of allylic oxidation sites excluding steroid dienone is 2. The molecule has 32 heavy (non-hydrogen) atoms. The molecule has 0 amide bonds. The van der Waals surface area contributed by atoms with Crippen LogP contribution in [0, 0.1) is 17.7 Å². The van der Waals surface area contributed by atoms with Gasteiger partial charge in [-0.1, -0.05) is 63.5 Å². The van der Waals surface area contributed by atoms with E-state index >= 15 is 0 Å². The van der Waals surface area contributed by atoms with E-state index in [0.29, 0.717) is 0 Å². The van der Waals surface area contributed by atoms with Crippen molar-refractivity contribution in [3.8, 4) is 11.4 Å². The quantitative estimate of drug-likeness (QED) is 0.128. The fraction of sp³-hybridized carbons (Fsp3) is 0.480. The predicted molar refractivity (Wildman–Crippen MR) is 120 cm³/mol. The van der Waals surface area contributed by atoms with Crippen LogP contribution in [0.2, 0.25) is 0 Å². The van der Waals surface area contributed by atoms with Gasteiger partial charge >= 0.3 is 0 Å². The first-order valence-corrected chi connectivity index (χ1v) is 10.9. The maximum Gasteiger partial charge on any atom is 0.155 e. The molecule has 1 heterocycles. The summed E-state index contributed by atoms with van der Waals surface area (Å²) in [5, 5.41) is 8.36. The molecular formula is C25H33F2IrN2O2-. The summed E-state index contributed by atoms with van der Waals surface area (Å²) in [4.78, 5) is 18.4. The molecule has 1 N–H and O–H groups in total. The van der Waals surface area contributed by atoms with Crippen LogP contribution >= 0.6 is 0 Å². The van der Waals surface area contributed by atoms with Crippen molar-refractivity contribution in [3.05, 3.63) is 59.6 Å². The van der Waals surface area contributed by atoms with Gasteiger partial charge in [-0.25, -0.2) is 0 Å². The van der Waals surface area contributed by atoms with Crippen LogP contribution in [0.4, 0.5) is 8.78 Å². The first kappa shape index (κ1) is 30.0. The van der Waals surface area contributed by atoms with E-state index in [1.54, 1.807) is 12.4 Å². The third-order valence-corrected chi connectivity index (χ3v) is 4.52. The number of nitrogens with zero attached hydrogens (tertiary/aromatic N) is 2. The van der Waals surface area contributed by atoms with E-state index < -0.39 is 11.6 Å². The first-order valence-electron chi connectivity index (χ1n) is 10.9. The zero-order chi connectivity index (χ0) is 23.1. The fourth-order valence-corrected chi connectivity index (χ4v) is 2.99. The molecule has 1 aromatic carbocycles. The number of halogens is 2. The van der Waals surface area contributed by atoms with Crippen molar-refractivity contribution in [2.24, 2.45) is 0 Å². The number of unbranched alkanes of at least 4 members (excludes halogenated alkanes) is 7. The summed E-state index contributed by atoms with van der Waals surface area (Å²) in [6, 6.07) is 4.46. The molecule has 179 valence electrons. The largest absolute Gasteiger partial charge is 0.512 e. The molecule has 0 fully saturated rings. The normalized spacial score (nSPS) is 10.7. The van der Waals surface area contributed by atoms with Crippen LogP contribution in [0.5, 0.6) is 0 Å². The van der Waals surface area contributed by atoms with Gasteiger partial charge in [0.2, 0.25) is 0 Å². The van der Waals surface area contributed by atoms with Gasteiger partial charge in [0, 0.05) is 50.2 Å². The second-order valence-corrected chi connectivity index (χ2v) is 7.58. The standard InChI is InChI=1S/C20H25F2N2.C5H8O2.Ir/c1-2-3-4-5-6-7-8-9-10-16-14-23-20(24-15-16)18-12-11-17(21)13-19(18)22;1-4(6)3-5(2)7;/h11,13-15H,2-10H2,1H3;3,6H,1-2H3;/q-1;;. The molecule has 2 aromatic rings. The average Bonchev–Trinajstić information content (AvgIpc) is 2.70. The molecule has 0 aliphatic rings. The Kier molecular flexibility index (Phi) is 16.5. The van der Waals surface area contributed by atoms with Crippen molar-refractivity contribution in [1.29, 1.82) is 0 Å². The van der Waals surface area contributed by atoms with Crippen molar-refractivity contribution < 1.29 is 38.8 Å². The Balaban J connectivity index is 0.00000104. The molecular weight excluding hydrogens is 591 g/mol. The van der Waals surface area contributed by atoms with Gasteiger partial charge in [0.1, 0.15) is 0 Å². The summed E-state index contributed by atoms with van der Waals surface area (Å²) >= 11 is 0. The fourth-order valence-electron chi connectivity index (χ4n) is 2.99. The molecule has 0 bridgehead atoms. The minimum absolute atomic E-state index is 0. The van der Waals surface area contributed by atoms with Crippen LogP contribution in [-0.4, -0.2) is 20.9 Å². The number of ketones is 1. The molecule has 2 rings (SSSR count). The molecule has 0 spiro atoms. The van der Waals surface area contributed by atoms with Gasteiger partial charge in [0.05, 0.1) is 11.6 Å². The summed E-state index contributed by atoms with van der Waals surface area (Å²) in [7, 11) is 0. The van der Waals surface area contributed by atoms with Gasteiger partial charge in [0.15, 0.2) is 5.78 Å². The van der Waals surface area contributed by atoms with Crippen LogP contribution in [0.25, 0.3) is 11.4 Å². The van der Waals surface area contributed by atoms with E-state index in [1.165, 1.54) is 64.9 Å². The van der Waals surface area contributed by atoms with E-state index in [0.717, 1.165) is 30.5 Å². The van der Waals surface area contributed by atoms with E-state index in [2.05, 4.69) is 23.0 Å². The zero-order valence-corrected chi connectivity index (χ0v) is 21.5. The van der Waals surface area contributed by atoms with Gasteiger partial charge < -0.3 is 5.11 Å². The Bertz CT molecular complexity index is 823. The summed E-state index contributed by atoms with van der Waals surface area (Å²) in [6.45, 7) is 5.08. The van der Waals surface area contributed by atoms with Crippen LogP contribution < -0.4 is 0 Å². The van der Waals surface area contributed by atoms with Gasteiger partial charge in [-0.05, 0) is 32.3 Å². The van der Waals surface area contributed by atoms with Crippen molar-refractivity contribution in [1.82, 2.24) is 9.97 Å². The minimum Gasteiger partial charge on any atom is -0.512 e. The number of hydrogen-bond donors (Lipinski definition) is 1. The molecule has 4 nitrogen and oxygen atoms in total.